The number of nitrogens with one attached hydrogen (secondary N) is 2. The van der Waals surface area contributed by atoms with E-state index in [1.807, 2.05) is 30.3 Å². The number of anilines is 1. The summed E-state index contributed by atoms with van der Waals surface area (Å²) in [6, 6.07) is 16.7. The van der Waals surface area contributed by atoms with Gasteiger partial charge < -0.3 is 16.0 Å². The standard InChI is InChI=1S/C19H19N3O2/c20-10-8-17(13-4-2-1-3-5-13)19(24)22-15-6-7-16-14(12-15)9-11-21-18(16)23/h1-7,9,11-12,17H,8,10,20H2,(H,21,23)(H,22,24). The highest BCUT2D eigenvalue weighted by molar-refractivity contribution is 5.97. The van der Waals surface area contributed by atoms with E-state index in [4.69, 9.17) is 5.73 Å². The minimum atomic E-state index is -0.300. The molecule has 5 heteroatoms. The second-order valence-electron chi connectivity index (χ2n) is 5.64. The number of aromatic nitrogens is 1. The van der Waals surface area contributed by atoms with E-state index >= 15 is 0 Å². The van der Waals surface area contributed by atoms with Crippen LogP contribution in [0.1, 0.15) is 17.9 Å². The highest BCUT2D eigenvalue weighted by Crippen LogP contribution is 2.22. The number of pyridine rings is 1. The van der Waals surface area contributed by atoms with Gasteiger partial charge in [0.1, 0.15) is 0 Å². The van der Waals surface area contributed by atoms with E-state index in [0.29, 0.717) is 24.0 Å². The Labute approximate surface area is 139 Å². The Morgan fingerprint density at radius 2 is 1.92 bits per heavy atom. The van der Waals surface area contributed by atoms with Gasteiger partial charge in [-0.1, -0.05) is 30.3 Å². The van der Waals surface area contributed by atoms with Gasteiger partial charge in [-0.05, 0) is 48.2 Å². The average Bonchev–Trinajstić information content (AvgIpc) is 2.60. The molecule has 0 spiro atoms. The number of hydrogen-bond acceptors (Lipinski definition) is 3. The van der Waals surface area contributed by atoms with Crippen LogP contribution in [0.15, 0.2) is 65.6 Å². The van der Waals surface area contributed by atoms with Crippen LogP contribution in [0, 0.1) is 0 Å². The lowest BCUT2D eigenvalue weighted by molar-refractivity contribution is -0.117. The summed E-state index contributed by atoms with van der Waals surface area (Å²) in [5.74, 6) is -0.401. The SMILES string of the molecule is NCCC(C(=O)Nc1ccc2c(=O)[nH]ccc2c1)c1ccccc1. The molecule has 5 nitrogen and oxygen atoms in total. The van der Waals surface area contributed by atoms with Gasteiger partial charge >= 0.3 is 0 Å². The quantitative estimate of drug-likeness (QED) is 0.675. The third-order valence-corrected chi connectivity index (χ3v) is 4.01. The minimum Gasteiger partial charge on any atom is -0.330 e. The number of carbonyl (C=O) groups is 1. The van der Waals surface area contributed by atoms with E-state index in [1.165, 1.54) is 0 Å². The first-order valence-corrected chi connectivity index (χ1v) is 7.86. The molecule has 0 aliphatic rings. The summed E-state index contributed by atoms with van der Waals surface area (Å²) in [5.41, 5.74) is 7.13. The molecule has 0 radical (unpaired) electrons. The molecule has 0 bridgehead atoms. The van der Waals surface area contributed by atoms with Crippen LogP contribution in [0.5, 0.6) is 0 Å². The summed E-state index contributed by atoms with van der Waals surface area (Å²) in [7, 11) is 0. The molecule has 0 saturated heterocycles. The van der Waals surface area contributed by atoms with Gasteiger partial charge in [-0.25, -0.2) is 0 Å². The first-order valence-electron chi connectivity index (χ1n) is 7.86. The van der Waals surface area contributed by atoms with Crippen LogP contribution < -0.4 is 16.6 Å². The number of carbonyl (C=O) groups excluding carboxylic acids is 1. The average molecular weight is 321 g/mol. The molecule has 3 aromatic rings. The highest BCUT2D eigenvalue weighted by atomic mass is 16.2. The van der Waals surface area contributed by atoms with Gasteiger partial charge in [-0.2, -0.15) is 0 Å². The molecule has 0 saturated carbocycles. The highest BCUT2D eigenvalue weighted by Gasteiger charge is 2.19. The van der Waals surface area contributed by atoms with E-state index in [1.54, 1.807) is 30.5 Å². The number of hydrogen-bond donors (Lipinski definition) is 3. The van der Waals surface area contributed by atoms with Crippen molar-refractivity contribution >= 4 is 22.4 Å². The smallest absolute Gasteiger partial charge is 0.255 e. The minimum absolute atomic E-state index is 0.101. The molecule has 0 aliphatic carbocycles. The van der Waals surface area contributed by atoms with Crippen LogP contribution in [0.25, 0.3) is 10.8 Å². The molecule has 1 atom stereocenters. The molecule has 2 aromatic carbocycles. The molecule has 24 heavy (non-hydrogen) atoms. The summed E-state index contributed by atoms with van der Waals surface area (Å²) in [5, 5.41) is 4.31. The molecule has 3 rings (SSSR count). The van der Waals surface area contributed by atoms with Gasteiger partial charge in [0.2, 0.25) is 5.91 Å². The van der Waals surface area contributed by atoms with Crippen LogP contribution in [-0.2, 0) is 4.79 Å². The lowest BCUT2D eigenvalue weighted by atomic mass is 9.94. The van der Waals surface area contributed by atoms with Crippen molar-refractivity contribution in [1.82, 2.24) is 4.98 Å². The van der Waals surface area contributed by atoms with Crippen molar-refractivity contribution in [2.24, 2.45) is 5.73 Å². The Hall–Kier alpha value is -2.92. The normalized spacial score (nSPS) is 12.0. The summed E-state index contributed by atoms with van der Waals surface area (Å²) in [6.45, 7) is 0.431. The Balaban J connectivity index is 1.86. The lowest BCUT2D eigenvalue weighted by Crippen LogP contribution is -2.23. The summed E-state index contributed by atoms with van der Waals surface area (Å²) < 4.78 is 0. The van der Waals surface area contributed by atoms with Crippen LogP contribution in [0.3, 0.4) is 0 Å². The number of rotatable bonds is 5. The second-order valence-corrected chi connectivity index (χ2v) is 5.64. The van der Waals surface area contributed by atoms with Crippen molar-refractivity contribution in [2.45, 2.75) is 12.3 Å². The zero-order valence-corrected chi connectivity index (χ0v) is 13.2. The predicted molar refractivity (Wildman–Crippen MR) is 96.1 cm³/mol. The van der Waals surface area contributed by atoms with Gasteiger partial charge in [0.15, 0.2) is 0 Å². The molecular formula is C19H19N3O2. The van der Waals surface area contributed by atoms with Crippen LogP contribution in [0.4, 0.5) is 5.69 Å². The van der Waals surface area contributed by atoms with E-state index in [-0.39, 0.29) is 17.4 Å². The Kier molecular flexibility index (Phi) is 4.72. The van der Waals surface area contributed by atoms with Crippen molar-refractivity contribution in [3.05, 3.63) is 76.7 Å². The summed E-state index contributed by atoms with van der Waals surface area (Å²) in [6.07, 6.45) is 2.17. The van der Waals surface area contributed by atoms with Gasteiger partial charge in [0.25, 0.3) is 5.56 Å². The molecule has 4 N–H and O–H groups in total. The Morgan fingerprint density at radius 1 is 1.12 bits per heavy atom. The van der Waals surface area contributed by atoms with Gasteiger partial charge in [0.05, 0.1) is 5.92 Å². The maximum absolute atomic E-state index is 12.7. The zero-order chi connectivity index (χ0) is 16.9. The Bertz CT molecular complexity index is 903. The van der Waals surface area contributed by atoms with E-state index in [2.05, 4.69) is 10.3 Å². The number of H-pyrrole nitrogens is 1. The van der Waals surface area contributed by atoms with Gasteiger partial charge in [-0.15, -0.1) is 0 Å². The molecule has 122 valence electrons. The fraction of sp³-hybridized carbons (Fsp3) is 0.158. The van der Waals surface area contributed by atoms with Crippen molar-refractivity contribution in [2.75, 3.05) is 11.9 Å². The molecular weight excluding hydrogens is 302 g/mol. The fourth-order valence-electron chi connectivity index (χ4n) is 2.80. The maximum atomic E-state index is 12.7. The first-order chi connectivity index (χ1) is 11.7. The molecule has 1 heterocycles. The third-order valence-electron chi connectivity index (χ3n) is 4.01. The third kappa shape index (κ3) is 3.36. The Morgan fingerprint density at radius 3 is 2.67 bits per heavy atom. The second kappa shape index (κ2) is 7.10. The topological polar surface area (TPSA) is 88.0 Å². The maximum Gasteiger partial charge on any atom is 0.255 e. The van der Waals surface area contributed by atoms with E-state index < -0.39 is 0 Å². The number of fused-ring (bicyclic) bond motifs is 1. The van der Waals surface area contributed by atoms with Crippen molar-refractivity contribution in [3.63, 3.8) is 0 Å². The van der Waals surface area contributed by atoms with Crippen LogP contribution >= 0.6 is 0 Å². The molecule has 0 fully saturated rings. The predicted octanol–water partition coefficient (Wildman–Crippen LogP) is 2.60. The number of amides is 1. The number of aromatic amines is 1. The van der Waals surface area contributed by atoms with Crippen LogP contribution in [0.2, 0.25) is 0 Å². The zero-order valence-electron chi connectivity index (χ0n) is 13.2. The lowest BCUT2D eigenvalue weighted by Gasteiger charge is -2.16. The number of nitrogens with two attached hydrogens (primary N) is 1. The summed E-state index contributed by atoms with van der Waals surface area (Å²) >= 11 is 0. The fourth-order valence-corrected chi connectivity index (χ4v) is 2.80. The molecule has 0 aliphatic heterocycles. The monoisotopic (exact) mass is 321 g/mol. The molecule has 1 unspecified atom stereocenters. The molecule has 1 amide bonds. The van der Waals surface area contributed by atoms with Gasteiger partial charge in [0, 0.05) is 17.3 Å². The summed E-state index contributed by atoms with van der Waals surface area (Å²) in [4.78, 5) is 27.0. The van der Waals surface area contributed by atoms with Crippen molar-refractivity contribution in [3.8, 4) is 0 Å². The van der Waals surface area contributed by atoms with Crippen molar-refractivity contribution < 1.29 is 4.79 Å². The largest absolute Gasteiger partial charge is 0.330 e. The van der Waals surface area contributed by atoms with E-state index in [9.17, 15) is 9.59 Å². The van der Waals surface area contributed by atoms with E-state index in [0.717, 1.165) is 10.9 Å². The van der Waals surface area contributed by atoms with Crippen molar-refractivity contribution in [1.29, 1.82) is 0 Å². The first kappa shape index (κ1) is 16.0. The van der Waals surface area contributed by atoms with Gasteiger partial charge in [-0.3, -0.25) is 9.59 Å². The molecule has 1 aromatic heterocycles. The van der Waals surface area contributed by atoms with Crippen LogP contribution in [-0.4, -0.2) is 17.4 Å². The number of benzene rings is 2.